The van der Waals surface area contributed by atoms with Gasteiger partial charge in [-0.25, -0.2) is 0 Å². The molecule has 1 aromatic carbocycles. The number of benzene rings is 1. The van der Waals surface area contributed by atoms with Crippen LogP contribution in [0.5, 0.6) is 5.75 Å². The average molecular weight is 163 g/mol. The fraction of sp³-hybridized carbons (Fsp3) is 0.111. The second-order valence-corrected chi connectivity index (χ2v) is 2.79. The van der Waals surface area contributed by atoms with Crippen LogP contribution in [-0.4, -0.2) is 5.11 Å². The molecule has 1 aromatic heterocycles. The molecule has 1 heterocycles. The minimum atomic E-state index is 0.104. The van der Waals surface area contributed by atoms with Gasteiger partial charge in [-0.05, 0) is 24.6 Å². The van der Waals surface area contributed by atoms with Crippen LogP contribution in [0.3, 0.4) is 0 Å². The molecule has 0 unspecified atom stereocenters. The maximum Gasteiger partial charge on any atom is 0.139 e. The number of anilines is 1. The van der Waals surface area contributed by atoms with Crippen molar-refractivity contribution < 1.29 is 9.52 Å². The third-order valence-corrected chi connectivity index (χ3v) is 1.94. The number of hydrogen-bond donors (Lipinski definition) is 2. The molecule has 3 heteroatoms. The monoisotopic (exact) mass is 163 g/mol. The summed E-state index contributed by atoms with van der Waals surface area (Å²) in [6, 6.07) is 3.23. The van der Waals surface area contributed by atoms with Gasteiger partial charge in [-0.2, -0.15) is 0 Å². The third-order valence-electron chi connectivity index (χ3n) is 1.94. The lowest BCUT2D eigenvalue weighted by molar-refractivity contribution is 0.478. The summed E-state index contributed by atoms with van der Waals surface area (Å²) in [5.41, 5.74) is 7.70. The number of hydrogen-bond acceptors (Lipinski definition) is 3. The van der Waals surface area contributed by atoms with E-state index >= 15 is 0 Å². The van der Waals surface area contributed by atoms with Crippen LogP contribution in [0.15, 0.2) is 22.8 Å². The molecular weight excluding hydrogens is 154 g/mol. The quantitative estimate of drug-likeness (QED) is 0.461. The van der Waals surface area contributed by atoms with Gasteiger partial charge >= 0.3 is 0 Å². The maximum atomic E-state index is 9.29. The smallest absolute Gasteiger partial charge is 0.139 e. The Hall–Kier alpha value is -1.64. The fourth-order valence-electron chi connectivity index (χ4n) is 1.30. The number of nitrogens with two attached hydrogens (primary N) is 1. The van der Waals surface area contributed by atoms with Crippen LogP contribution in [0.1, 0.15) is 5.56 Å². The van der Waals surface area contributed by atoms with Gasteiger partial charge in [0.05, 0.1) is 12.0 Å². The zero-order valence-electron chi connectivity index (χ0n) is 6.66. The van der Waals surface area contributed by atoms with E-state index in [0.717, 1.165) is 10.9 Å². The number of nitrogen functional groups attached to an aromatic ring is 1. The predicted octanol–water partition coefficient (Wildman–Crippen LogP) is 2.03. The van der Waals surface area contributed by atoms with E-state index in [-0.39, 0.29) is 5.75 Å². The van der Waals surface area contributed by atoms with E-state index in [1.807, 2.05) is 6.92 Å². The standard InChI is InChI=1S/C9H9NO2/c1-5-4-12-7-3-2-6(11)9(10)8(5)7/h2-4,11H,10H2,1H3. The summed E-state index contributed by atoms with van der Waals surface area (Å²) in [7, 11) is 0. The molecule has 2 rings (SSSR count). The van der Waals surface area contributed by atoms with Crippen LogP contribution in [0, 0.1) is 6.92 Å². The van der Waals surface area contributed by atoms with E-state index in [0.29, 0.717) is 11.3 Å². The molecule has 0 aliphatic rings. The molecule has 62 valence electrons. The third kappa shape index (κ3) is 0.763. The van der Waals surface area contributed by atoms with Crippen molar-refractivity contribution in [2.24, 2.45) is 0 Å². The Kier molecular flexibility index (Phi) is 1.27. The van der Waals surface area contributed by atoms with Gasteiger partial charge in [-0.15, -0.1) is 0 Å². The highest BCUT2D eigenvalue weighted by molar-refractivity contribution is 5.95. The molecule has 0 radical (unpaired) electrons. The highest BCUT2D eigenvalue weighted by atomic mass is 16.3. The van der Waals surface area contributed by atoms with Gasteiger partial charge in [-0.1, -0.05) is 0 Å². The summed E-state index contributed by atoms with van der Waals surface area (Å²) < 4.78 is 5.19. The van der Waals surface area contributed by atoms with Crippen molar-refractivity contribution >= 4 is 16.7 Å². The molecule has 0 aliphatic heterocycles. The Morgan fingerprint density at radius 2 is 2.17 bits per heavy atom. The molecule has 3 N–H and O–H groups in total. The van der Waals surface area contributed by atoms with Crippen LogP contribution in [0.2, 0.25) is 0 Å². The molecule has 12 heavy (non-hydrogen) atoms. The van der Waals surface area contributed by atoms with Gasteiger partial charge < -0.3 is 15.3 Å². The van der Waals surface area contributed by atoms with Crippen molar-refractivity contribution in [3.05, 3.63) is 24.0 Å². The maximum absolute atomic E-state index is 9.29. The van der Waals surface area contributed by atoms with Gasteiger partial charge in [0.2, 0.25) is 0 Å². The Morgan fingerprint density at radius 1 is 1.42 bits per heavy atom. The molecule has 0 saturated carbocycles. The number of rotatable bonds is 0. The van der Waals surface area contributed by atoms with Gasteiger partial charge in [0.15, 0.2) is 0 Å². The van der Waals surface area contributed by atoms with Crippen LogP contribution >= 0.6 is 0 Å². The molecule has 0 amide bonds. The van der Waals surface area contributed by atoms with Crippen molar-refractivity contribution in [2.45, 2.75) is 6.92 Å². The first kappa shape index (κ1) is 7.03. The molecule has 3 nitrogen and oxygen atoms in total. The molecule has 2 aromatic rings. The molecule has 0 fully saturated rings. The normalized spacial score (nSPS) is 10.8. The lowest BCUT2D eigenvalue weighted by Crippen LogP contribution is -1.86. The van der Waals surface area contributed by atoms with E-state index in [1.165, 1.54) is 6.07 Å². The average Bonchev–Trinajstić information content (AvgIpc) is 2.41. The van der Waals surface area contributed by atoms with E-state index in [2.05, 4.69) is 0 Å². The zero-order chi connectivity index (χ0) is 8.72. The second-order valence-electron chi connectivity index (χ2n) is 2.79. The summed E-state index contributed by atoms with van der Waals surface area (Å²) in [5, 5.41) is 10.1. The summed E-state index contributed by atoms with van der Waals surface area (Å²) in [4.78, 5) is 0. The van der Waals surface area contributed by atoms with Crippen molar-refractivity contribution in [1.82, 2.24) is 0 Å². The zero-order valence-corrected chi connectivity index (χ0v) is 6.66. The topological polar surface area (TPSA) is 59.4 Å². The number of aryl methyl sites for hydroxylation is 1. The number of phenolic OH excluding ortho intramolecular Hbond substituents is 1. The van der Waals surface area contributed by atoms with Crippen molar-refractivity contribution in [2.75, 3.05) is 5.73 Å². The lowest BCUT2D eigenvalue weighted by atomic mass is 10.1. The van der Waals surface area contributed by atoms with Crippen molar-refractivity contribution in [1.29, 1.82) is 0 Å². The first-order chi connectivity index (χ1) is 5.70. The minimum absolute atomic E-state index is 0.104. The summed E-state index contributed by atoms with van der Waals surface area (Å²) in [5.74, 6) is 0.104. The summed E-state index contributed by atoms with van der Waals surface area (Å²) >= 11 is 0. The molecule has 0 saturated heterocycles. The Balaban J connectivity index is 2.96. The van der Waals surface area contributed by atoms with Crippen molar-refractivity contribution in [3.63, 3.8) is 0 Å². The Bertz CT molecular complexity index is 431. The Morgan fingerprint density at radius 3 is 2.92 bits per heavy atom. The highest BCUT2D eigenvalue weighted by Crippen LogP contribution is 2.32. The SMILES string of the molecule is Cc1coc2ccc(O)c(N)c12. The van der Waals surface area contributed by atoms with Crippen LogP contribution in [0.25, 0.3) is 11.0 Å². The molecule has 0 bridgehead atoms. The fourth-order valence-corrected chi connectivity index (χ4v) is 1.30. The number of phenols is 1. The number of furan rings is 1. The minimum Gasteiger partial charge on any atom is -0.506 e. The summed E-state index contributed by atoms with van der Waals surface area (Å²) in [6.45, 7) is 1.89. The highest BCUT2D eigenvalue weighted by Gasteiger charge is 2.08. The lowest BCUT2D eigenvalue weighted by Gasteiger charge is -1.98. The summed E-state index contributed by atoms with van der Waals surface area (Å²) in [6.07, 6.45) is 1.63. The van der Waals surface area contributed by atoms with Gasteiger partial charge in [0, 0.05) is 5.39 Å². The van der Waals surface area contributed by atoms with Crippen LogP contribution in [-0.2, 0) is 0 Å². The second kappa shape index (κ2) is 2.17. The van der Waals surface area contributed by atoms with E-state index < -0.39 is 0 Å². The predicted molar refractivity (Wildman–Crippen MR) is 47.0 cm³/mol. The first-order valence-corrected chi connectivity index (χ1v) is 3.65. The number of fused-ring (bicyclic) bond motifs is 1. The number of aromatic hydroxyl groups is 1. The van der Waals surface area contributed by atoms with E-state index in [9.17, 15) is 5.11 Å². The van der Waals surface area contributed by atoms with E-state index in [1.54, 1.807) is 12.3 Å². The van der Waals surface area contributed by atoms with Crippen LogP contribution < -0.4 is 5.73 Å². The molecular formula is C9H9NO2. The van der Waals surface area contributed by atoms with Gasteiger partial charge in [0.1, 0.15) is 11.3 Å². The molecule has 0 aliphatic carbocycles. The van der Waals surface area contributed by atoms with Crippen LogP contribution in [0.4, 0.5) is 5.69 Å². The van der Waals surface area contributed by atoms with Gasteiger partial charge in [0.25, 0.3) is 0 Å². The largest absolute Gasteiger partial charge is 0.506 e. The van der Waals surface area contributed by atoms with Crippen molar-refractivity contribution in [3.8, 4) is 5.75 Å². The first-order valence-electron chi connectivity index (χ1n) is 3.65. The van der Waals surface area contributed by atoms with Gasteiger partial charge in [-0.3, -0.25) is 0 Å². The molecule has 0 spiro atoms. The molecule has 0 atom stereocenters. The Labute approximate surface area is 69.4 Å². The van der Waals surface area contributed by atoms with E-state index in [4.69, 9.17) is 10.2 Å².